The summed E-state index contributed by atoms with van der Waals surface area (Å²) in [5.41, 5.74) is 1.17. The molecule has 2 rings (SSSR count). The summed E-state index contributed by atoms with van der Waals surface area (Å²) in [6.07, 6.45) is 7.69. The summed E-state index contributed by atoms with van der Waals surface area (Å²) in [5.74, 6) is 2.71. The minimum atomic E-state index is 0.617. The van der Waals surface area contributed by atoms with Crippen molar-refractivity contribution in [2.75, 3.05) is 19.6 Å². The van der Waals surface area contributed by atoms with E-state index >= 15 is 0 Å². The summed E-state index contributed by atoms with van der Waals surface area (Å²) >= 11 is 1.72. The lowest BCUT2D eigenvalue weighted by atomic mass is 10.1. The summed E-state index contributed by atoms with van der Waals surface area (Å²) < 4.78 is 0. The average molecular weight is 249 g/mol. The number of aromatic nitrogens is 1. The standard InChI is InChI=1S/C13H19N3S/c1-3-6-16-7-4-12(5-8-16)14-9-13-10-17-11(2)15-13/h1,10,12,14H,4-9H2,2H3. The lowest BCUT2D eigenvalue weighted by Crippen LogP contribution is -2.42. The van der Waals surface area contributed by atoms with E-state index in [0.29, 0.717) is 6.04 Å². The van der Waals surface area contributed by atoms with Crippen LogP contribution in [0.25, 0.3) is 0 Å². The quantitative estimate of drug-likeness (QED) is 0.822. The van der Waals surface area contributed by atoms with Gasteiger partial charge in [-0.05, 0) is 19.8 Å². The number of thiazole rings is 1. The lowest BCUT2D eigenvalue weighted by molar-refractivity contribution is 0.217. The predicted molar refractivity (Wildman–Crippen MR) is 72.0 cm³/mol. The second-order valence-corrected chi connectivity index (χ2v) is 5.56. The molecule has 92 valence electrons. The van der Waals surface area contributed by atoms with Gasteiger partial charge in [0.15, 0.2) is 0 Å². The number of nitrogens with zero attached hydrogens (tertiary/aromatic N) is 2. The van der Waals surface area contributed by atoms with Crippen LogP contribution in [0.4, 0.5) is 0 Å². The smallest absolute Gasteiger partial charge is 0.0897 e. The van der Waals surface area contributed by atoms with Crippen molar-refractivity contribution in [1.29, 1.82) is 0 Å². The van der Waals surface area contributed by atoms with E-state index in [1.54, 1.807) is 11.3 Å². The van der Waals surface area contributed by atoms with Gasteiger partial charge in [-0.2, -0.15) is 0 Å². The van der Waals surface area contributed by atoms with Gasteiger partial charge >= 0.3 is 0 Å². The fourth-order valence-corrected chi connectivity index (χ4v) is 2.78. The zero-order valence-electron chi connectivity index (χ0n) is 10.3. The highest BCUT2D eigenvalue weighted by molar-refractivity contribution is 7.09. The van der Waals surface area contributed by atoms with Crippen molar-refractivity contribution in [3.63, 3.8) is 0 Å². The molecule has 0 unspecified atom stereocenters. The molecule has 1 aliphatic heterocycles. The number of hydrogen-bond donors (Lipinski definition) is 1. The SMILES string of the molecule is C#CCN1CCC(NCc2csc(C)n2)CC1. The van der Waals surface area contributed by atoms with Gasteiger partial charge in [0.25, 0.3) is 0 Å². The van der Waals surface area contributed by atoms with E-state index in [4.69, 9.17) is 6.42 Å². The molecular formula is C13H19N3S. The Morgan fingerprint density at radius 3 is 2.94 bits per heavy atom. The number of nitrogens with one attached hydrogen (secondary N) is 1. The Morgan fingerprint density at radius 2 is 2.35 bits per heavy atom. The summed E-state index contributed by atoms with van der Waals surface area (Å²) in [6.45, 7) is 5.95. The molecule has 1 aromatic heterocycles. The molecule has 0 amide bonds. The first kappa shape index (κ1) is 12.6. The number of hydrogen-bond acceptors (Lipinski definition) is 4. The topological polar surface area (TPSA) is 28.2 Å². The molecule has 0 aromatic carbocycles. The summed E-state index contributed by atoms with van der Waals surface area (Å²) in [6, 6.07) is 0.617. The first-order valence-corrected chi connectivity index (χ1v) is 6.96. The fraction of sp³-hybridized carbons (Fsp3) is 0.615. The maximum Gasteiger partial charge on any atom is 0.0897 e. The molecule has 0 bridgehead atoms. The molecule has 1 aliphatic rings. The van der Waals surface area contributed by atoms with Crippen molar-refractivity contribution in [3.05, 3.63) is 16.1 Å². The summed E-state index contributed by atoms with van der Waals surface area (Å²) in [5, 5.41) is 6.86. The van der Waals surface area contributed by atoms with Gasteiger partial charge in [0.05, 0.1) is 17.2 Å². The van der Waals surface area contributed by atoms with Crippen LogP contribution in [0.2, 0.25) is 0 Å². The van der Waals surface area contributed by atoms with Crippen LogP contribution in [0.3, 0.4) is 0 Å². The highest BCUT2D eigenvalue weighted by Crippen LogP contribution is 2.12. The highest BCUT2D eigenvalue weighted by atomic mass is 32.1. The van der Waals surface area contributed by atoms with Crippen LogP contribution in [0.5, 0.6) is 0 Å². The molecule has 17 heavy (non-hydrogen) atoms. The Labute approximate surface area is 107 Å². The van der Waals surface area contributed by atoms with Crippen molar-refractivity contribution in [3.8, 4) is 12.3 Å². The number of piperidine rings is 1. The largest absolute Gasteiger partial charge is 0.308 e. The molecule has 0 aliphatic carbocycles. The third kappa shape index (κ3) is 3.81. The molecule has 3 nitrogen and oxygen atoms in total. The van der Waals surface area contributed by atoms with Gasteiger partial charge in [0, 0.05) is 31.1 Å². The Balaban J connectivity index is 1.70. The molecule has 1 N–H and O–H groups in total. The van der Waals surface area contributed by atoms with E-state index in [1.165, 1.54) is 18.5 Å². The van der Waals surface area contributed by atoms with Crippen LogP contribution < -0.4 is 5.32 Å². The molecule has 0 radical (unpaired) electrons. The molecule has 1 aromatic rings. The molecule has 0 atom stereocenters. The van der Waals surface area contributed by atoms with Gasteiger partial charge in [-0.1, -0.05) is 5.92 Å². The van der Waals surface area contributed by atoms with Gasteiger partial charge in [-0.25, -0.2) is 4.98 Å². The zero-order valence-corrected chi connectivity index (χ0v) is 11.1. The second-order valence-electron chi connectivity index (χ2n) is 4.49. The van der Waals surface area contributed by atoms with Crippen molar-refractivity contribution in [1.82, 2.24) is 15.2 Å². The van der Waals surface area contributed by atoms with Crippen LogP contribution in [0.1, 0.15) is 23.5 Å². The Bertz CT molecular complexity index is 386. The molecule has 4 heteroatoms. The third-order valence-electron chi connectivity index (χ3n) is 3.14. The third-order valence-corrected chi connectivity index (χ3v) is 3.96. The summed E-state index contributed by atoms with van der Waals surface area (Å²) in [7, 11) is 0. The molecule has 0 saturated carbocycles. The predicted octanol–water partition coefficient (Wildman–Crippen LogP) is 1.64. The van der Waals surface area contributed by atoms with Crippen LogP contribution in [0, 0.1) is 19.3 Å². The van der Waals surface area contributed by atoms with Gasteiger partial charge in [-0.15, -0.1) is 17.8 Å². The van der Waals surface area contributed by atoms with E-state index in [1.807, 2.05) is 6.92 Å². The molecular weight excluding hydrogens is 230 g/mol. The summed E-state index contributed by atoms with van der Waals surface area (Å²) in [4.78, 5) is 6.80. The average Bonchev–Trinajstić information content (AvgIpc) is 2.75. The van der Waals surface area contributed by atoms with Crippen molar-refractivity contribution in [2.45, 2.75) is 32.4 Å². The van der Waals surface area contributed by atoms with Crippen molar-refractivity contribution >= 4 is 11.3 Å². The molecule has 2 heterocycles. The first-order chi connectivity index (χ1) is 8.28. The fourth-order valence-electron chi connectivity index (χ4n) is 2.16. The van der Waals surface area contributed by atoms with Gasteiger partial charge in [0.1, 0.15) is 0 Å². The lowest BCUT2D eigenvalue weighted by Gasteiger charge is -2.31. The van der Waals surface area contributed by atoms with Crippen molar-refractivity contribution in [2.24, 2.45) is 0 Å². The Morgan fingerprint density at radius 1 is 1.59 bits per heavy atom. The van der Waals surface area contributed by atoms with Crippen LogP contribution in [-0.4, -0.2) is 35.6 Å². The highest BCUT2D eigenvalue weighted by Gasteiger charge is 2.17. The minimum Gasteiger partial charge on any atom is -0.308 e. The normalized spacial score (nSPS) is 18.1. The van der Waals surface area contributed by atoms with Gasteiger partial charge in [-0.3, -0.25) is 4.90 Å². The number of terminal acetylenes is 1. The van der Waals surface area contributed by atoms with Crippen LogP contribution in [0.15, 0.2) is 5.38 Å². The van der Waals surface area contributed by atoms with Crippen LogP contribution in [-0.2, 0) is 6.54 Å². The van der Waals surface area contributed by atoms with Crippen LogP contribution >= 0.6 is 11.3 Å². The molecule has 1 saturated heterocycles. The number of aryl methyl sites for hydroxylation is 1. The van der Waals surface area contributed by atoms with E-state index in [9.17, 15) is 0 Å². The van der Waals surface area contributed by atoms with Gasteiger partial charge in [0.2, 0.25) is 0 Å². The van der Waals surface area contributed by atoms with E-state index < -0.39 is 0 Å². The monoisotopic (exact) mass is 249 g/mol. The Kier molecular flexibility index (Phi) is 4.55. The molecule has 0 spiro atoms. The Hall–Kier alpha value is -0.890. The second kappa shape index (κ2) is 6.15. The maximum atomic E-state index is 5.32. The van der Waals surface area contributed by atoms with E-state index in [-0.39, 0.29) is 0 Å². The molecule has 1 fully saturated rings. The van der Waals surface area contributed by atoms with E-state index in [2.05, 4.69) is 26.5 Å². The van der Waals surface area contributed by atoms with Crippen molar-refractivity contribution < 1.29 is 0 Å². The maximum absolute atomic E-state index is 5.32. The zero-order chi connectivity index (χ0) is 12.1. The first-order valence-electron chi connectivity index (χ1n) is 6.08. The minimum absolute atomic E-state index is 0.617. The van der Waals surface area contributed by atoms with E-state index in [0.717, 1.165) is 31.2 Å². The number of rotatable bonds is 4. The number of likely N-dealkylation sites (tertiary alicyclic amines) is 1. The van der Waals surface area contributed by atoms with Gasteiger partial charge < -0.3 is 5.32 Å².